The average Bonchev–Trinajstić information content (AvgIpc) is 2.70. The van der Waals surface area contributed by atoms with Gasteiger partial charge in [-0.05, 0) is 30.3 Å². The van der Waals surface area contributed by atoms with Crippen LogP contribution in [0.25, 0.3) is 0 Å². The van der Waals surface area contributed by atoms with E-state index >= 15 is 0 Å². The monoisotopic (exact) mass is 555 g/mol. The number of hydrogen-bond donors (Lipinski definition) is 2. The summed E-state index contributed by atoms with van der Waals surface area (Å²) in [7, 11) is 0. The van der Waals surface area contributed by atoms with Gasteiger partial charge in [0.05, 0.1) is 26.2 Å². The lowest BCUT2D eigenvalue weighted by molar-refractivity contribution is -0.137. The molecule has 3 rings (SSSR count). The number of carbonyl (C=O) groups excluding carboxylic acids is 2. The van der Waals surface area contributed by atoms with Gasteiger partial charge in [-0.3, -0.25) is 10.1 Å². The number of imide groups is 1. The largest absolute Gasteiger partial charge is 0.434 e. The van der Waals surface area contributed by atoms with Crippen LogP contribution in [0, 0.1) is 5.82 Å². The highest BCUT2D eigenvalue weighted by Gasteiger charge is 2.32. The first-order valence-electron chi connectivity index (χ1n) is 8.82. The molecule has 0 unspecified atom stereocenters. The number of carbonyl (C=O) groups is 2. The predicted molar refractivity (Wildman–Crippen MR) is 119 cm³/mol. The number of amides is 3. The van der Waals surface area contributed by atoms with Crippen LogP contribution in [0.5, 0.6) is 11.6 Å². The molecule has 2 N–H and O–H groups in total. The van der Waals surface area contributed by atoms with Gasteiger partial charge in [-0.1, -0.05) is 52.5 Å². The van der Waals surface area contributed by atoms with Crippen molar-refractivity contribution in [2.24, 2.45) is 0 Å². The van der Waals surface area contributed by atoms with E-state index in [9.17, 15) is 27.2 Å². The van der Waals surface area contributed by atoms with Crippen molar-refractivity contribution in [2.75, 3.05) is 5.32 Å². The zero-order chi connectivity index (χ0) is 25.2. The summed E-state index contributed by atoms with van der Waals surface area (Å²) in [6.07, 6.45) is -4.14. The van der Waals surface area contributed by atoms with Crippen LogP contribution in [0.3, 0.4) is 0 Å². The van der Waals surface area contributed by atoms with E-state index in [1.807, 2.05) is 5.32 Å². The third-order valence-electron chi connectivity index (χ3n) is 4.01. The van der Waals surface area contributed by atoms with Gasteiger partial charge in [0.25, 0.3) is 5.91 Å². The second kappa shape index (κ2) is 10.2. The van der Waals surface area contributed by atoms with Crippen molar-refractivity contribution >= 4 is 64.0 Å². The van der Waals surface area contributed by atoms with E-state index in [0.29, 0.717) is 12.3 Å². The zero-order valence-electron chi connectivity index (χ0n) is 16.2. The fourth-order valence-electron chi connectivity index (χ4n) is 2.52. The molecule has 0 bridgehead atoms. The number of nitrogens with one attached hydrogen (secondary N) is 2. The van der Waals surface area contributed by atoms with Gasteiger partial charge >= 0.3 is 12.2 Å². The number of alkyl halides is 3. The van der Waals surface area contributed by atoms with Crippen molar-refractivity contribution in [2.45, 2.75) is 6.18 Å². The molecule has 0 saturated heterocycles. The third kappa shape index (κ3) is 6.01. The molecule has 14 heteroatoms. The number of benzene rings is 2. The fourth-order valence-corrected chi connectivity index (χ4v) is 3.54. The molecule has 3 aromatic rings. The van der Waals surface area contributed by atoms with Crippen molar-refractivity contribution in [1.82, 2.24) is 10.3 Å². The summed E-state index contributed by atoms with van der Waals surface area (Å²) >= 11 is 23.8. The first-order valence-corrected chi connectivity index (χ1v) is 10.3. The first-order chi connectivity index (χ1) is 15.9. The third-order valence-corrected chi connectivity index (χ3v) is 5.15. The summed E-state index contributed by atoms with van der Waals surface area (Å²) in [6.45, 7) is 0. The number of anilines is 1. The quantitative estimate of drug-likeness (QED) is 0.324. The number of urea groups is 1. The summed E-state index contributed by atoms with van der Waals surface area (Å²) in [4.78, 5) is 27.8. The molecule has 0 saturated carbocycles. The normalized spacial score (nSPS) is 11.2. The zero-order valence-corrected chi connectivity index (χ0v) is 19.3. The molecule has 2 aromatic carbocycles. The summed E-state index contributed by atoms with van der Waals surface area (Å²) in [5.74, 6) is -2.64. The van der Waals surface area contributed by atoms with Gasteiger partial charge in [0, 0.05) is 11.9 Å². The maximum atomic E-state index is 13.8. The number of nitrogens with zero attached hydrogens (tertiary/aromatic N) is 1. The molecular weight excluding hydrogens is 548 g/mol. The molecular formula is C20H9Cl4F4N3O3. The van der Waals surface area contributed by atoms with Crippen molar-refractivity contribution in [3.8, 4) is 11.6 Å². The minimum Gasteiger partial charge on any atom is -0.434 e. The van der Waals surface area contributed by atoms with E-state index < -0.39 is 46.0 Å². The van der Waals surface area contributed by atoms with Gasteiger partial charge < -0.3 is 10.1 Å². The molecule has 0 spiro atoms. The molecule has 0 aliphatic carbocycles. The number of ether oxygens (including phenoxy) is 1. The molecule has 0 radical (unpaired) electrons. The molecule has 0 aliphatic rings. The van der Waals surface area contributed by atoms with E-state index in [1.165, 1.54) is 24.3 Å². The smallest absolute Gasteiger partial charge is 0.417 e. The number of halogens is 8. The summed E-state index contributed by atoms with van der Waals surface area (Å²) in [5, 5.41) is 3.15. The molecule has 0 aliphatic heterocycles. The lowest BCUT2D eigenvalue weighted by Crippen LogP contribution is -2.35. The Bertz CT molecular complexity index is 1250. The minimum atomic E-state index is -4.66. The predicted octanol–water partition coefficient (Wildman–Crippen LogP) is 7.61. The van der Waals surface area contributed by atoms with E-state index in [2.05, 4.69) is 10.3 Å². The first kappa shape index (κ1) is 25.8. The van der Waals surface area contributed by atoms with Crippen molar-refractivity contribution in [3.63, 3.8) is 0 Å². The van der Waals surface area contributed by atoms with Crippen LogP contribution in [0.2, 0.25) is 20.1 Å². The second-order valence-electron chi connectivity index (χ2n) is 6.38. The van der Waals surface area contributed by atoms with Crippen LogP contribution in [-0.4, -0.2) is 16.9 Å². The van der Waals surface area contributed by atoms with Crippen molar-refractivity contribution < 1.29 is 31.9 Å². The topological polar surface area (TPSA) is 80.3 Å². The SMILES string of the molecule is O=C(NC(=O)c1c(F)cccc1Cl)Nc1cc(Cl)c(Oc2ncc(C(F)(F)F)cc2Cl)c(Cl)c1. The Morgan fingerprint density at radius 1 is 0.941 bits per heavy atom. The van der Waals surface area contributed by atoms with Crippen LogP contribution in [0.1, 0.15) is 15.9 Å². The molecule has 1 aromatic heterocycles. The summed E-state index contributed by atoms with van der Waals surface area (Å²) < 4.78 is 57.4. The summed E-state index contributed by atoms with van der Waals surface area (Å²) in [5.41, 5.74) is -1.61. The van der Waals surface area contributed by atoms with E-state index in [0.717, 1.165) is 6.07 Å². The van der Waals surface area contributed by atoms with Gasteiger partial charge in [-0.2, -0.15) is 13.2 Å². The Balaban J connectivity index is 1.74. The average molecular weight is 557 g/mol. The molecule has 178 valence electrons. The second-order valence-corrected chi connectivity index (χ2v) is 8.01. The van der Waals surface area contributed by atoms with Gasteiger partial charge in [-0.25, -0.2) is 14.2 Å². The highest BCUT2D eigenvalue weighted by molar-refractivity contribution is 6.38. The molecule has 6 nitrogen and oxygen atoms in total. The summed E-state index contributed by atoms with van der Waals surface area (Å²) in [6, 6.07) is 5.45. The van der Waals surface area contributed by atoms with E-state index in [-0.39, 0.29) is 26.5 Å². The lowest BCUT2D eigenvalue weighted by Gasteiger charge is -2.14. The van der Waals surface area contributed by atoms with Crippen molar-refractivity contribution in [1.29, 1.82) is 0 Å². The molecule has 3 amide bonds. The van der Waals surface area contributed by atoms with E-state index in [4.69, 9.17) is 51.1 Å². The van der Waals surface area contributed by atoms with Crippen LogP contribution in [0.4, 0.5) is 28.0 Å². The Labute approximate surface area is 208 Å². The maximum absolute atomic E-state index is 13.8. The van der Waals surface area contributed by atoms with Gasteiger partial charge in [0.1, 0.15) is 10.8 Å². The lowest BCUT2D eigenvalue weighted by atomic mass is 10.2. The fraction of sp³-hybridized carbons (Fsp3) is 0.0500. The molecule has 34 heavy (non-hydrogen) atoms. The number of hydrogen-bond acceptors (Lipinski definition) is 4. The van der Waals surface area contributed by atoms with E-state index in [1.54, 1.807) is 0 Å². The van der Waals surface area contributed by atoms with Crippen LogP contribution < -0.4 is 15.4 Å². The highest BCUT2D eigenvalue weighted by Crippen LogP contribution is 2.41. The number of rotatable bonds is 4. The minimum absolute atomic E-state index is 0.00115. The Morgan fingerprint density at radius 2 is 1.59 bits per heavy atom. The highest BCUT2D eigenvalue weighted by atomic mass is 35.5. The number of pyridine rings is 1. The van der Waals surface area contributed by atoms with Crippen LogP contribution >= 0.6 is 46.4 Å². The van der Waals surface area contributed by atoms with Crippen molar-refractivity contribution in [3.05, 3.63) is 79.6 Å². The van der Waals surface area contributed by atoms with Gasteiger partial charge in [-0.15, -0.1) is 0 Å². The maximum Gasteiger partial charge on any atom is 0.417 e. The molecule has 0 fully saturated rings. The van der Waals surface area contributed by atoms with Gasteiger partial charge in [0.2, 0.25) is 5.88 Å². The Kier molecular flexibility index (Phi) is 7.77. The Hall–Kier alpha value is -2.79. The molecule has 1 heterocycles. The van der Waals surface area contributed by atoms with Crippen LogP contribution in [-0.2, 0) is 6.18 Å². The Morgan fingerprint density at radius 3 is 2.15 bits per heavy atom. The number of aromatic nitrogens is 1. The molecule has 0 atom stereocenters. The van der Waals surface area contributed by atoms with Crippen LogP contribution in [0.15, 0.2) is 42.6 Å². The standard InChI is InChI=1S/C20H9Cl4F4N3O3/c21-10-2-1-3-14(25)15(10)17(32)31-19(33)30-9-5-11(22)16(12(23)6-9)34-18-13(24)4-8(7-29-18)20(26,27)28/h1-7H,(H2,30,31,32,33). The van der Waals surface area contributed by atoms with Gasteiger partial charge in [0.15, 0.2) is 5.75 Å².